The van der Waals surface area contributed by atoms with Crippen molar-refractivity contribution in [1.29, 1.82) is 0 Å². The number of amidine groups is 1. The fraction of sp³-hybridized carbons (Fsp3) is 0.500. The highest BCUT2D eigenvalue weighted by molar-refractivity contribution is 7.99. The van der Waals surface area contributed by atoms with E-state index in [9.17, 15) is 4.79 Å². The highest BCUT2D eigenvalue weighted by atomic mass is 32.2. The zero-order valence-electron chi connectivity index (χ0n) is 13.8. The van der Waals surface area contributed by atoms with Gasteiger partial charge >= 0.3 is 0 Å². The molecule has 1 aromatic carbocycles. The van der Waals surface area contributed by atoms with Crippen LogP contribution in [-0.2, 0) is 4.79 Å². The second-order valence-corrected chi connectivity index (χ2v) is 6.34. The number of hydrogen-bond donors (Lipinski definition) is 3. The summed E-state index contributed by atoms with van der Waals surface area (Å²) in [6.07, 6.45) is 1.43. The fourth-order valence-electron chi connectivity index (χ4n) is 2.26. The second kappa shape index (κ2) is 8.10. The van der Waals surface area contributed by atoms with E-state index in [1.807, 2.05) is 32.0 Å². The number of carbonyl (C=O) groups excluding carboxylic acids is 1. The van der Waals surface area contributed by atoms with Gasteiger partial charge < -0.3 is 20.5 Å². The van der Waals surface area contributed by atoms with E-state index in [4.69, 9.17) is 10.5 Å². The van der Waals surface area contributed by atoms with Crippen molar-refractivity contribution in [2.45, 2.75) is 39.7 Å². The summed E-state index contributed by atoms with van der Waals surface area (Å²) < 4.78 is 13.2. The third-order valence-corrected chi connectivity index (χ3v) is 4.13. The minimum Gasteiger partial charge on any atom is -0.479 e. The van der Waals surface area contributed by atoms with Crippen LogP contribution in [0.3, 0.4) is 0 Å². The summed E-state index contributed by atoms with van der Waals surface area (Å²) in [4.78, 5) is 12.4. The summed E-state index contributed by atoms with van der Waals surface area (Å²) in [5.41, 5.74) is 7.53. The van der Waals surface area contributed by atoms with E-state index in [1.165, 1.54) is 12.1 Å². The predicted octanol–water partition coefficient (Wildman–Crippen LogP) is 2.70. The maximum Gasteiger partial charge on any atom is 0.261 e. The van der Waals surface area contributed by atoms with Crippen LogP contribution < -0.4 is 20.5 Å². The van der Waals surface area contributed by atoms with Gasteiger partial charge in [-0.15, -0.1) is 0 Å². The Labute approximate surface area is 141 Å². The molecular weight excluding hydrogens is 312 g/mol. The van der Waals surface area contributed by atoms with Crippen LogP contribution in [0.25, 0.3) is 0 Å². The zero-order valence-corrected chi connectivity index (χ0v) is 14.6. The lowest BCUT2D eigenvalue weighted by atomic mass is 10.1. The lowest BCUT2D eigenvalue weighted by Gasteiger charge is -2.25. The molecule has 1 unspecified atom stereocenters. The van der Waals surface area contributed by atoms with Crippen molar-refractivity contribution < 1.29 is 9.53 Å². The van der Waals surface area contributed by atoms with E-state index in [0.29, 0.717) is 23.7 Å². The average molecular weight is 336 g/mol. The van der Waals surface area contributed by atoms with Crippen LogP contribution in [0.2, 0.25) is 0 Å². The first-order valence-corrected chi connectivity index (χ1v) is 8.65. The molecule has 6 nitrogen and oxygen atoms in total. The smallest absolute Gasteiger partial charge is 0.261 e. The van der Waals surface area contributed by atoms with Gasteiger partial charge in [-0.2, -0.15) is 4.40 Å². The number of unbranched alkanes of at least 4 members (excludes halogenated alkanes) is 1. The SMILES string of the molecule is CCCCNC(=O)C(Oc1cccc2c1C(N)=NSN2)C(C)C. The van der Waals surface area contributed by atoms with Crippen LogP contribution >= 0.6 is 12.1 Å². The number of rotatable bonds is 7. The third-order valence-electron chi connectivity index (χ3n) is 3.53. The summed E-state index contributed by atoms with van der Waals surface area (Å²) >= 11 is 1.18. The Bertz CT molecular complexity index is 589. The van der Waals surface area contributed by atoms with Gasteiger partial charge in [0.2, 0.25) is 0 Å². The quantitative estimate of drug-likeness (QED) is 0.526. The van der Waals surface area contributed by atoms with Crippen molar-refractivity contribution >= 4 is 29.6 Å². The summed E-state index contributed by atoms with van der Waals surface area (Å²) in [6.45, 7) is 6.68. The van der Waals surface area contributed by atoms with Crippen LogP contribution in [0.5, 0.6) is 5.75 Å². The van der Waals surface area contributed by atoms with Crippen LogP contribution in [0.4, 0.5) is 5.69 Å². The molecule has 0 saturated heterocycles. The number of carbonyl (C=O) groups is 1. The molecule has 1 heterocycles. The Morgan fingerprint density at radius 3 is 2.96 bits per heavy atom. The van der Waals surface area contributed by atoms with Gasteiger partial charge in [0.15, 0.2) is 6.10 Å². The van der Waals surface area contributed by atoms with Crippen LogP contribution in [-0.4, -0.2) is 24.4 Å². The standard InChI is InChI=1S/C16H24N4O2S/c1-4-5-9-18-16(21)14(10(2)3)22-12-8-6-7-11-13(12)15(17)20-23-19-11/h6-8,10,14,19H,4-5,9H2,1-3H3,(H2,17,20)(H,18,21). The van der Waals surface area contributed by atoms with Crippen LogP contribution in [0.1, 0.15) is 39.2 Å². The molecule has 0 aromatic heterocycles. The average Bonchev–Trinajstić information content (AvgIpc) is 2.52. The maximum absolute atomic E-state index is 12.4. The predicted molar refractivity (Wildman–Crippen MR) is 95.6 cm³/mol. The van der Waals surface area contributed by atoms with Gasteiger partial charge in [0, 0.05) is 6.54 Å². The van der Waals surface area contributed by atoms with Gasteiger partial charge in [-0.05, 0) is 24.5 Å². The van der Waals surface area contributed by atoms with Crippen molar-refractivity contribution in [3.05, 3.63) is 23.8 Å². The van der Waals surface area contributed by atoms with Gasteiger partial charge in [-0.25, -0.2) is 0 Å². The minimum absolute atomic E-state index is 0.0385. The third kappa shape index (κ3) is 4.31. The molecule has 1 atom stereocenters. The van der Waals surface area contributed by atoms with E-state index < -0.39 is 6.10 Å². The molecule has 0 spiro atoms. The summed E-state index contributed by atoms with van der Waals surface area (Å²) in [5.74, 6) is 0.908. The number of hydrogen-bond acceptors (Lipinski definition) is 6. The Morgan fingerprint density at radius 2 is 2.26 bits per heavy atom. The van der Waals surface area contributed by atoms with E-state index >= 15 is 0 Å². The number of nitrogens with two attached hydrogens (primary N) is 1. The molecule has 4 N–H and O–H groups in total. The Morgan fingerprint density at radius 1 is 1.48 bits per heavy atom. The lowest BCUT2D eigenvalue weighted by molar-refractivity contribution is -0.129. The van der Waals surface area contributed by atoms with Crippen molar-refractivity contribution in [2.75, 3.05) is 11.3 Å². The van der Waals surface area contributed by atoms with E-state index in [-0.39, 0.29) is 11.8 Å². The molecule has 1 aromatic rings. The number of nitrogens with one attached hydrogen (secondary N) is 2. The van der Waals surface area contributed by atoms with Crippen molar-refractivity contribution in [3.63, 3.8) is 0 Å². The van der Waals surface area contributed by atoms with E-state index in [1.54, 1.807) is 0 Å². The van der Waals surface area contributed by atoms with Crippen molar-refractivity contribution in [3.8, 4) is 5.75 Å². The van der Waals surface area contributed by atoms with E-state index in [0.717, 1.165) is 18.5 Å². The molecule has 1 aliphatic rings. The maximum atomic E-state index is 12.4. The van der Waals surface area contributed by atoms with Crippen LogP contribution in [0.15, 0.2) is 22.6 Å². The molecule has 23 heavy (non-hydrogen) atoms. The van der Waals surface area contributed by atoms with Crippen LogP contribution in [0, 0.1) is 5.92 Å². The molecule has 0 radical (unpaired) electrons. The first-order chi connectivity index (χ1) is 11.0. The molecule has 1 amide bonds. The second-order valence-electron chi connectivity index (χ2n) is 5.78. The van der Waals surface area contributed by atoms with Gasteiger partial charge in [-0.3, -0.25) is 4.79 Å². The largest absolute Gasteiger partial charge is 0.479 e. The number of anilines is 1. The lowest BCUT2D eigenvalue weighted by Crippen LogP contribution is -2.42. The van der Waals surface area contributed by atoms with Gasteiger partial charge in [0.1, 0.15) is 11.6 Å². The van der Waals surface area contributed by atoms with Gasteiger partial charge in [-0.1, -0.05) is 33.3 Å². The highest BCUT2D eigenvalue weighted by Crippen LogP contribution is 2.33. The monoisotopic (exact) mass is 336 g/mol. The number of nitrogens with zero attached hydrogens (tertiary/aromatic N) is 1. The number of fused-ring (bicyclic) bond motifs is 1. The normalized spacial score (nSPS) is 14.5. The Kier molecular flexibility index (Phi) is 6.15. The molecule has 126 valence electrons. The first kappa shape index (κ1) is 17.5. The number of benzene rings is 1. The number of amides is 1. The Hall–Kier alpha value is -1.89. The molecule has 7 heteroatoms. The molecule has 0 aliphatic carbocycles. The number of ether oxygens (including phenoxy) is 1. The fourth-order valence-corrected chi connectivity index (χ4v) is 2.77. The molecule has 0 saturated carbocycles. The molecule has 0 fully saturated rings. The zero-order chi connectivity index (χ0) is 16.8. The van der Waals surface area contributed by atoms with Crippen molar-refractivity contribution in [2.24, 2.45) is 16.0 Å². The molecular formula is C16H24N4O2S. The van der Waals surface area contributed by atoms with E-state index in [2.05, 4.69) is 21.4 Å². The first-order valence-electron chi connectivity index (χ1n) is 7.87. The van der Waals surface area contributed by atoms with Gasteiger partial charge in [0.05, 0.1) is 23.4 Å². The summed E-state index contributed by atoms with van der Waals surface area (Å²) in [5, 5.41) is 2.93. The Balaban J connectivity index is 2.18. The topological polar surface area (TPSA) is 88.7 Å². The summed E-state index contributed by atoms with van der Waals surface area (Å²) in [7, 11) is 0. The molecule has 1 aliphatic heterocycles. The minimum atomic E-state index is -0.569. The molecule has 2 rings (SSSR count). The van der Waals surface area contributed by atoms with Gasteiger partial charge in [0.25, 0.3) is 5.91 Å². The van der Waals surface area contributed by atoms with Crippen molar-refractivity contribution in [1.82, 2.24) is 5.32 Å². The highest BCUT2D eigenvalue weighted by Gasteiger charge is 2.27. The summed E-state index contributed by atoms with van der Waals surface area (Å²) in [6, 6.07) is 5.59. The molecule has 0 bridgehead atoms.